The van der Waals surface area contributed by atoms with E-state index in [0.29, 0.717) is 5.56 Å². The fraction of sp³-hybridized carbons (Fsp3) is 0.500. The maximum atomic E-state index is 12.6. The van der Waals surface area contributed by atoms with Gasteiger partial charge in [-0.15, -0.1) is 0 Å². The zero-order valence-corrected chi connectivity index (χ0v) is 17.1. The fourth-order valence-corrected chi connectivity index (χ4v) is 3.58. The molecule has 0 aromatic heterocycles. The number of carboxylic acid groups (broad SMARTS) is 1. The minimum absolute atomic E-state index is 0.351. The number of benzene rings is 1. The van der Waals surface area contributed by atoms with Crippen LogP contribution in [-0.4, -0.2) is 66.3 Å². The lowest BCUT2D eigenvalue weighted by atomic mass is 9.81. The third-order valence-electron chi connectivity index (χ3n) is 4.61. The molecule has 10 nitrogen and oxygen atoms in total. The maximum Gasteiger partial charge on any atom is 0.354 e. The number of esters is 3. The molecule has 164 valence electrons. The molecule has 0 amide bonds. The summed E-state index contributed by atoms with van der Waals surface area (Å²) in [5, 5.41) is 10.2. The summed E-state index contributed by atoms with van der Waals surface area (Å²) in [5.74, 6) is -6.32. The van der Waals surface area contributed by atoms with E-state index in [1.54, 1.807) is 30.3 Å². The Morgan fingerprint density at radius 1 is 1.07 bits per heavy atom. The lowest BCUT2D eigenvalue weighted by molar-refractivity contribution is -0.318. The van der Waals surface area contributed by atoms with Crippen molar-refractivity contribution in [3.63, 3.8) is 0 Å². The van der Waals surface area contributed by atoms with Crippen LogP contribution in [0.3, 0.4) is 0 Å². The number of carbonyl (C=O) groups is 4. The summed E-state index contributed by atoms with van der Waals surface area (Å²) < 4.78 is 26.9. The summed E-state index contributed by atoms with van der Waals surface area (Å²) in [6, 6.07) is 8.34. The van der Waals surface area contributed by atoms with E-state index in [1.807, 2.05) is 0 Å². The fourth-order valence-electron chi connectivity index (χ4n) is 3.58. The average Bonchev–Trinajstić information content (AvgIpc) is 2.99. The second-order valence-corrected chi connectivity index (χ2v) is 6.75. The molecule has 0 bridgehead atoms. The molecular formula is C20H24O10. The van der Waals surface area contributed by atoms with E-state index in [9.17, 15) is 24.3 Å². The molecule has 0 saturated carbocycles. The van der Waals surface area contributed by atoms with Crippen LogP contribution in [0.5, 0.6) is 0 Å². The van der Waals surface area contributed by atoms with E-state index in [-0.39, 0.29) is 13.0 Å². The smallest absolute Gasteiger partial charge is 0.354 e. The third kappa shape index (κ3) is 4.44. The number of rotatable bonds is 8. The van der Waals surface area contributed by atoms with E-state index in [2.05, 4.69) is 0 Å². The van der Waals surface area contributed by atoms with Gasteiger partial charge in [0.25, 0.3) is 11.4 Å². The molecular weight excluding hydrogens is 400 g/mol. The molecule has 1 N–H and O–H groups in total. The Morgan fingerprint density at radius 3 is 2.13 bits per heavy atom. The molecule has 2 rings (SSSR count). The van der Waals surface area contributed by atoms with Gasteiger partial charge in [-0.2, -0.15) is 0 Å². The second-order valence-electron chi connectivity index (χ2n) is 6.75. The van der Waals surface area contributed by atoms with Crippen LogP contribution in [0.15, 0.2) is 30.3 Å². The van der Waals surface area contributed by atoms with Crippen molar-refractivity contribution in [3.05, 3.63) is 35.9 Å². The number of hydrogen-bond donors (Lipinski definition) is 1. The van der Waals surface area contributed by atoms with E-state index in [0.717, 1.165) is 27.9 Å². The van der Waals surface area contributed by atoms with Crippen LogP contribution in [0.4, 0.5) is 0 Å². The highest BCUT2D eigenvalue weighted by atomic mass is 16.8. The van der Waals surface area contributed by atoms with Gasteiger partial charge in [0, 0.05) is 34.3 Å². The topological polar surface area (TPSA) is 135 Å². The van der Waals surface area contributed by atoms with Crippen LogP contribution in [0.25, 0.3) is 0 Å². The molecule has 1 aliphatic heterocycles. The minimum Gasteiger partial charge on any atom is -0.478 e. The van der Waals surface area contributed by atoms with Crippen LogP contribution < -0.4 is 0 Å². The highest BCUT2D eigenvalue weighted by Crippen LogP contribution is 2.44. The van der Waals surface area contributed by atoms with Gasteiger partial charge in [-0.25, -0.2) is 4.79 Å². The highest BCUT2D eigenvalue weighted by Gasteiger charge is 2.72. The van der Waals surface area contributed by atoms with E-state index in [4.69, 9.17) is 23.7 Å². The quantitative estimate of drug-likeness (QED) is 0.473. The molecule has 1 fully saturated rings. The number of hydrogen-bond acceptors (Lipinski definition) is 9. The standard InChI is InChI=1S/C20H24O10/c1-12(21)28-16-11-27-20(26-4,17(16)29-13(2)22)19(18(24)25,30-14(3)23)10-15-8-6-5-7-9-15/h5-9,16-17H,10-11H2,1-4H3,(H,24,25). The second kappa shape index (κ2) is 9.23. The molecule has 1 heterocycles. The van der Waals surface area contributed by atoms with Gasteiger partial charge < -0.3 is 28.8 Å². The molecule has 1 aromatic rings. The summed E-state index contributed by atoms with van der Waals surface area (Å²) >= 11 is 0. The molecule has 1 aromatic carbocycles. The van der Waals surface area contributed by atoms with Crippen LogP contribution in [-0.2, 0) is 49.3 Å². The first-order chi connectivity index (χ1) is 14.1. The summed E-state index contributed by atoms with van der Waals surface area (Å²) in [6.45, 7) is 2.91. The average molecular weight is 424 g/mol. The Hall–Kier alpha value is -2.98. The predicted octanol–water partition coefficient (Wildman–Crippen LogP) is 0.852. The number of aliphatic carboxylic acids is 1. The van der Waals surface area contributed by atoms with Crippen LogP contribution >= 0.6 is 0 Å². The molecule has 1 aliphatic rings. The molecule has 0 aliphatic carbocycles. The van der Waals surface area contributed by atoms with Gasteiger partial charge in [0.1, 0.15) is 0 Å². The SMILES string of the molecule is COC1(C(Cc2ccccc2)(OC(C)=O)C(=O)O)OCC(OC(C)=O)C1OC(C)=O. The molecule has 0 radical (unpaired) electrons. The predicted molar refractivity (Wildman–Crippen MR) is 99.1 cm³/mol. The number of methoxy groups -OCH3 is 1. The molecule has 30 heavy (non-hydrogen) atoms. The minimum atomic E-state index is -2.47. The number of carboxylic acids is 1. The summed E-state index contributed by atoms with van der Waals surface area (Å²) in [7, 11) is 1.12. The highest BCUT2D eigenvalue weighted by molar-refractivity contribution is 5.84. The van der Waals surface area contributed by atoms with E-state index >= 15 is 0 Å². The number of ether oxygens (including phenoxy) is 5. The van der Waals surface area contributed by atoms with Crippen LogP contribution in [0.2, 0.25) is 0 Å². The van der Waals surface area contributed by atoms with Crippen LogP contribution in [0.1, 0.15) is 26.3 Å². The Balaban J connectivity index is 2.68. The molecule has 1 saturated heterocycles. The molecule has 10 heteroatoms. The molecule has 0 spiro atoms. The van der Waals surface area contributed by atoms with Crippen LogP contribution in [0, 0.1) is 0 Å². The Kier molecular flexibility index (Phi) is 7.16. The first-order valence-corrected chi connectivity index (χ1v) is 9.08. The summed E-state index contributed by atoms with van der Waals surface area (Å²) in [6.07, 6.45) is -3.08. The summed E-state index contributed by atoms with van der Waals surface area (Å²) in [4.78, 5) is 47.9. The van der Waals surface area contributed by atoms with Gasteiger partial charge in [0.05, 0.1) is 6.61 Å². The van der Waals surface area contributed by atoms with Gasteiger partial charge in [0.2, 0.25) is 0 Å². The zero-order valence-electron chi connectivity index (χ0n) is 17.1. The van der Waals surface area contributed by atoms with Crippen molar-refractivity contribution in [2.24, 2.45) is 0 Å². The van der Waals surface area contributed by atoms with E-state index in [1.165, 1.54) is 0 Å². The third-order valence-corrected chi connectivity index (χ3v) is 4.61. The largest absolute Gasteiger partial charge is 0.478 e. The maximum absolute atomic E-state index is 12.6. The van der Waals surface area contributed by atoms with Crippen molar-refractivity contribution in [3.8, 4) is 0 Å². The first-order valence-electron chi connectivity index (χ1n) is 9.08. The summed E-state index contributed by atoms with van der Waals surface area (Å²) in [5.41, 5.74) is -1.98. The van der Waals surface area contributed by atoms with Gasteiger partial charge >= 0.3 is 23.9 Å². The van der Waals surface area contributed by atoms with Crippen molar-refractivity contribution >= 4 is 23.9 Å². The van der Waals surface area contributed by atoms with Crippen molar-refractivity contribution in [2.45, 2.75) is 50.8 Å². The lowest BCUT2D eigenvalue weighted by Gasteiger charge is -2.44. The van der Waals surface area contributed by atoms with Gasteiger partial charge in [0.15, 0.2) is 12.2 Å². The van der Waals surface area contributed by atoms with Gasteiger partial charge in [-0.3, -0.25) is 14.4 Å². The first kappa shape index (κ1) is 23.3. The zero-order chi connectivity index (χ0) is 22.5. The van der Waals surface area contributed by atoms with Gasteiger partial charge in [-0.05, 0) is 5.56 Å². The molecule has 4 unspecified atom stereocenters. The molecule has 4 atom stereocenters. The Bertz CT molecular complexity index is 807. The Labute approximate surface area is 173 Å². The monoisotopic (exact) mass is 424 g/mol. The van der Waals surface area contributed by atoms with Crippen molar-refractivity contribution in [1.29, 1.82) is 0 Å². The lowest BCUT2D eigenvalue weighted by Crippen LogP contribution is -2.69. The van der Waals surface area contributed by atoms with Crippen molar-refractivity contribution < 1.29 is 48.0 Å². The Morgan fingerprint density at radius 2 is 1.67 bits per heavy atom. The van der Waals surface area contributed by atoms with Crippen molar-refractivity contribution in [1.82, 2.24) is 0 Å². The van der Waals surface area contributed by atoms with Gasteiger partial charge in [-0.1, -0.05) is 30.3 Å². The normalized spacial score (nSPS) is 25.1. The number of carbonyl (C=O) groups excluding carboxylic acids is 3. The van der Waals surface area contributed by atoms with Crippen molar-refractivity contribution in [2.75, 3.05) is 13.7 Å². The van der Waals surface area contributed by atoms with E-state index < -0.39 is 47.5 Å².